The van der Waals surface area contributed by atoms with Gasteiger partial charge in [-0.1, -0.05) is 17.7 Å². The molecule has 0 saturated heterocycles. The fourth-order valence-corrected chi connectivity index (χ4v) is 0.666. The number of nitrogens with zero attached hydrogens (tertiary/aromatic N) is 1. The molecule has 11 heavy (non-hydrogen) atoms. The molecule has 4 heteroatoms. The average Bonchev–Trinajstić information content (AvgIpc) is 1.88. The molecule has 0 bridgehead atoms. The third-order valence-corrected chi connectivity index (χ3v) is 1.24. The van der Waals surface area contributed by atoms with Crippen LogP contribution in [0.5, 0.6) is 0 Å². The van der Waals surface area contributed by atoms with Gasteiger partial charge in [0.15, 0.2) is 0 Å². The van der Waals surface area contributed by atoms with E-state index in [2.05, 4.69) is 0 Å². The zero-order valence-electron chi connectivity index (χ0n) is 6.57. The Morgan fingerprint density at radius 3 is 2.09 bits per heavy atom. The van der Waals surface area contributed by atoms with Crippen molar-refractivity contribution in [2.75, 3.05) is 0 Å². The van der Waals surface area contributed by atoms with Crippen LogP contribution in [0.1, 0.15) is 5.56 Å². The summed E-state index contributed by atoms with van der Waals surface area (Å²) in [5, 5.41) is 10.1. The van der Waals surface area contributed by atoms with Crippen LogP contribution in [0.25, 0.3) is 0 Å². The van der Waals surface area contributed by atoms with E-state index in [9.17, 15) is 10.1 Å². The molecule has 0 aliphatic carbocycles. The standard InChI is InChI=1S/C7H7NO2.K/c1-6-2-4-7(5-3-6)8(9)10;/h2-5H,1H3;. The van der Waals surface area contributed by atoms with Crippen molar-refractivity contribution in [1.29, 1.82) is 0 Å². The maximum atomic E-state index is 10.1. The summed E-state index contributed by atoms with van der Waals surface area (Å²) in [6.45, 7) is 1.89. The Morgan fingerprint density at radius 1 is 1.27 bits per heavy atom. The number of hydrogen-bond acceptors (Lipinski definition) is 2. The van der Waals surface area contributed by atoms with Crippen LogP contribution in [0.3, 0.4) is 0 Å². The zero-order chi connectivity index (χ0) is 7.56. The predicted molar refractivity (Wildman–Crippen MR) is 43.6 cm³/mol. The van der Waals surface area contributed by atoms with Gasteiger partial charge in [0.2, 0.25) is 0 Å². The van der Waals surface area contributed by atoms with Gasteiger partial charge < -0.3 is 0 Å². The van der Waals surface area contributed by atoms with Gasteiger partial charge in [-0.05, 0) is 6.92 Å². The molecule has 1 aromatic rings. The molecule has 0 heterocycles. The summed E-state index contributed by atoms with van der Waals surface area (Å²) < 4.78 is 0. The Hall–Kier alpha value is 0.256. The van der Waals surface area contributed by atoms with Crippen molar-refractivity contribution in [3.8, 4) is 0 Å². The number of benzene rings is 1. The number of nitro groups is 1. The molecule has 0 fully saturated rings. The van der Waals surface area contributed by atoms with Crippen molar-refractivity contribution in [2.45, 2.75) is 6.92 Å². The summed E-state index contributed by atoms with van der Waals surface area (Å²) in [6.07, 6.45) is 0. The smallest absolute Gasteiger partial charge is 0.258 e. The molecule has 3 nitrogen and oxygen atoms in total. The van der Waals surface area contributed by atoms with E-state index < -0.39 is 4.92 Å². The van der Waals surface area contributed by atoms with Crippen LogP contribution in [0.4, 0.5) is 5.69 Å². The molecule has 0 amide bonds. The number of hydrogen-bond donors (Lipinski definition) is 0. The summed E-state index contributed by atoms with van der Waals surface area (Å²) in [4.78, 5) is 9.71. The van der Waals surface area contributed by atoms with Gasteiger partial charge in [-0.15, -0.1) is 0 Å². The van der Waals surface area contributed by atoms with E-state index in [0.29, 0.717) is 0 Å². The van der Waals surface area contributed by atoms with E-state index in [-0.39, 0.29) is 57.1 Å². The molecule has 0 spiro atoms. The van der Waals surface area contributed by atoms with Gasteiger partial charge in [0.25, 0.3) is 5.69 Å². The van der Waals surface area contributed by atoms with Crippen molar-refractivity contribution in [1.82, 2.24) is 0 Å². The molecule has 0 saturated carbocycles. The van der Waals surface area contributed by atoms with E-state index in [1.165, 1.54) is 12.1 Å². The summed E-state index contributed by atoms with van der Waals surface area (Å²) >= 11 is 0. The summed E-state index contributed by atoms with van der Waals surface area (Å²) in [5.74, 6) is 0. The summed E-state index contributed by atoms with van der Waals surface area (Å²) in [7, 11) is 0. The number of non-ortho nitro benzene ring substituents is 1. The van der Waals surface area contributed by atoms with Crippen LogP contribution in [0.15, 0.2) is 24.3 Å². The fourth-order valence-electron chi connectivity index (χ4n) is 0.666. The number of nitro benzene ring substituents is 1. The maximum absolute atomic E-state index is 10.1. The van der Waals surface area contributed by atoms with Crippen LogP contribution in [-0.2, 0) is 0 Å². The molecule has 0 N–H and O–H groups in total. The Bertz CT molecular complexity index is 245. The van der Waals surface area contributed by atoms with Crippen molar-refractivity contribution in [2.24, 2.45) is 0 Å². The van der Waals surface area contributed by atoms with Gasteiger partial charge >= 0.3 is 0 Å². The van der Waals surface area contributed by atoms with E-state index in [1.54, 1.807) is 12.1 Å². The van der Waals surface area contributed by atoms with E-state index in [0.717, 1.165) is 5.56 Å². The third-order valence-electron chi connectivity index (χ3n) is 1.24. The molecule has 0 unspecified atom stereocenters. The minimum absolute atomic E-state index is 0. The Kier molecular flexibility index (Phi) is 5.12. The first kappa shape index (κ1) is 11.3. The van der Waals surface area contributed by atoms with Crippen molar-refractivity contribution >= 4 is 57.1 Å². The van der Waals surface area contributed by atoms with E-state index in [4.69, 9.17) is 0 Å². The molecule has 0 aliphatic rings. The second-order valence-electron chi connectivity index (χ2n) is 2.09. The van der Waals surface area contributed by atoms with Crippen LogP contribution < -0.4 is 0 Å². The van der Waals surface area contributed by atoms with Gasteiger partial charge in [-0.2, -0.15) is 0 Å². The minimum Gasteiger partial charge on any atom is -0.258 e. The summed E-state index contributed by atoms with van der Waals surface area (Å²) in [6, 6.07) is 6.43. The average molecular weight is 176 g/mol. The molecule has 1 rings (SSSR count). The Labute approximate surface area is 107 Å². The largest absolute Gasteiger partial charge is 0.269 e. The molecule has 1 aromatic carbocycles. The quantitative estimate of drug-likeness (QED) is 0.370. The Balaban J connectivity index is 0.000001000. The van der Waals surface area contributed by atoms with Crippen LogP contribution in [-0.4, -0.2) is 56.3 Å². The van der Waals surface area contributed by atoms with Crippen LogP contribution in [0.2, 0.25) is 0 Å². The first-order valence-corrected chi connectivity index (χ1v) is 2.91. The molecule has 53 valence electrons. The first-order chi connectivity index (χ1) is 4.70. The second-order valence-corrected chi connectivity index (χ2v) is 2.09. The maximum Gasteiger partial charge on any atom is 0.269 e. The third kappa shape index (κ3) is 3.44. The van der Waals surface area contributed by atoms with Gasteiger partial charge in [0.1, 0.15) is 0 Å². The first-order valence-electron chi connectivity index (χ1n) is 2.91. The zero-order valence-corrected chi connectivity index (χ0v) is 9.70. The number of rotatable bonds is 1. The van der Waals surface area contributed by atoms with Crippen LogP contribution >= 0.6 is 0 Å². The molecule has 0 atom stereocenters. The van der Waals surface area contributed by atoms with Gasteiger partial charge in [0, 0.05) is 63.5 Å². The molecular formula is C7H7KNO2. The van der Waals surface area contributed by atoms with E-state index >= 15 is 0 Å². The summed E-state index contributed by atoms with van der Waals surface area (Å²) in [5.41, 5.74) is 1.18. The van der Waals surface area contributed by atoms with Crippen molar-refractivity contribution in [3.05, 3.63) is 39.9 Å². The van der Waals surface area contributed by atoms with E-state index in [1.807, 2.05) is 6.92 Å². The minimum atomic E-state index is -0.403. The normalized spacial score (nSPS) is 8.45. The monoisotopic (exact) mass is 176 g/mol. The Morgan fingerprint density at radius 2 is 1.73 bits per heavy atom. The second kappa shape index (κ2) is 5.00. The predicted octanol–water partition coefficient (Wildman–Crippen LogP) is 1.52. The number of aryl methyl sites for hydroxylation is 1. The van der Waals surface area contributed by atoms with Gasteiger partial charge in [0.05, 0.1) is 4.92 Å². The van der Waals surface area contributed by atoms with Crippen molar-refractivity contribution < 1.29 is 4.92 Å². The molecule has 1 radical (unpaired) electrons. The fraction of sp³-hybridized carbons (Fsp3) is 0.143. The molecule has 0 aliphatic heterocycles. The SMILES string of the molecule is Cc1ccc([N+](=O)[O-])cc1.[K]. The van der Waals surface area contributed by atoms with Crippen molar-refractivity contribution in [3.63, 3.8) is 0 Å². The molecular weight excluding hydrogens is 169 g/mol. The van der Waals surface area contributed by atoms with Crippen LogP contribution in [0, 0.1) is 17.0 Å². The topological polar surface area (TPSA) is 43.1 Å². The molecule has 0 aromatic heterocycles. The van der Waals surface area contributed by atoms with Gasteiger partial charge in [-0.3, -0.25) is 10.1 Å². The van der Waals surface area contributed by atoms with Gasteiger partial charge in [-0.25, -0.2) is 0 Å².